The average molecular weight is 271 g/mol. The fourth-order valence-corrected chi connectivity index (χ4v) is 3.36. The number of amides is 1. The first-order valence-corrected chi connectivity index (χ1v) is 7.39. The van der Waals surface area contributed by atoms with E-state index in [1.807, 2.05) is 0 Å². The second-order valence-corrected chi connectivity index (χ2v) is 6.03. The van der Waals surface area contributed by atoms with Gasteiger partial charge in [-0.05, 0) is 50.4 Å². The maximum absolute atomic E-state index is 10.4. The van der Waals surface area contributed by atoms with Gasteiger partial charge in [0.1, 0.15) is 5.60 Å². The predicted octanol–water partition coefficient (Wildman–Crippen LogP) is 2.95. The second kappa shape index (κ2) is 6.57. The molecule has 5 nitrogen and oxygen atoms in total. The number of hydrogen-bond donors (Lipinski definition) is 2. The van der Waals surface area contributed by atoms with Crippen molar-refractivity contribution in [3.63, 3.8) is 0 Å². The van der Waals surface area contributed by atoms with E-state index in [0.717, 1.165) is 44.6 Å². The van der Waals surface area contributed by atoms with Gasteiger partial charge in [-0.25, -0.2) is 14.6 Å². The van der Waals surface area contributed by atoms with E-state index in [9.17, 15) is 4.79 Å². The smallest absolute Gasteiger partial charge is 0.404 e. The van der Waals surface area contributed by atoms with Gasteiger partial charge in [-0.1, -0.05) is 6.92 Å². The Morgan fingerprint density at radius 1 is 1.42 bits per heavy atom. The highest BCUT2D eigenvalue weighted by Crippen LogP contribution is 2.43. The van der Waals surface area contributed by atoms with Crippen molar-refractivity contribution in [1.29, 1.82) is 0 Å². The largest absolute Gasteiger partial charge is 0.465 e. The lowest BCUT2D eigenvalue weighted by atomic mass is 9.72. The van der Waals surface area contributed by atoms with Gasteiger partial charge in [0.2, 0.25) is 0 Å². The van der Waals surface area contributed by atoms with Crippen molar-refractivity contribution in [3.8, 4) is 0 Å². The summed E-state index contributed by atoms with van der Waals surface area (Å²) >= 11 is 0. The molecule has 1 aliphatic carbocycles. The number of carbonyl (C=O) groups is 1. The summed E-state index contributed by atoms with van der Waals surface area (Å²) in [5.41, 5.74) is 0.0150. The van der Waals surface area contributed by atoms with Gasteiger partial charge in [0.05, 0.1) is 6.61 Å². The van der Waals surface area contributed by atoms with Crippen LogP contribution in [0.2, 0.25) is 0 Å². The maximum atomic E-state index is 10.4. The molecule has 1 saturated heterocycles. The van der Waals surface area contributed by atoms with E-state index in [4.69, 9.17) is 14.9 Å². The Morgan fingerprint density at radius 3 is 2.74 bits per heavy atom. The molecule has 1 atom stereocenters. The quantitative estimate of drug-likeness (QED) is 0.596. The summed E-state index contributed by atoms with van der Waals surface area (Å²) in [4.78, 5) is 20.9. The van der Waals surface area contributed by atoms with Crippen molar-refractivity contribution in [3.05, 3.63) is 0 Å². The zero-order chi connectivity index (χ0) is 13.7. The third kappa shape index (κ3) is 4.08. The Balaban J connectivity index is 1.64. The molecule has 0 radical (unpaired) electrons. The van der Waals surface area contributed by atoms with E-state index in [1.54, 1.807) is 0 Å². The number of carboxylic acid groups (broad SMARTS) is 1. The minimum Gasteiger partial charge on any atom is -0.465 e. The SMILES string of the molecule is CC(CCCNC(=O)O)C1CCC2(CCOO2)CC1. The van der Waals surface area contributed by atoms with Crippen LogP contribution >= 0.6 is 0 Å². The minimum absolute atomic E-state index is 0.0150. The number of rotatable bonds is 5. The maximum Gasteiger partial charge on any atom is 0.404 e. The zero-order valence-electron chi connectivity index (χ0n) is 11.7. The molecule has 1 saturated carbocycles. The normalized spacial score (nSPS) is 32.4. The lowest BCUT2D eigenvalue weighted by Crippen LogP contribution is -2.35. The van der Waals surface area contributed by atoms with Crippen LogP contribution in [0.4, 0.5) is 4.79 Å². The lowest BCUT2D eigenvalue weighted by molar-refractivity contribution is -0.316. The molecule has 0 aromatic heterocycles. The van der Waals surface area contributed by atoms with Crippen molar-refractivity contribution < 1.29 is 19.7 Å². The van der Waals surface area contributed by atoms with E-state index in [1.165, 1.54) is 12.8 Å². The molecular formula is C14H25NO4. The van der Waals surface area contributed by atoms with Crippen molar-refractivity contribution in [2.24, 2.45) is 11.8 Å². The van der Waals surface area contributed by atoms with Gasteiger partial charge in [0.15, 0.2) is 0 Å². The first kappa shape index (κ1) is 14.6. The molecule has 0 bridgehead atoms. The molecule has 5 heteroatoms. The number of nitrogens with one attached hydrogen (secondary N) is 1. The van der Waals surface area contributed by atoms with E-state index >= 15 is 0 Å². The first-order chi connectivity index (χ1) is 9.11. The molecule has 1 heterocycles. The van der Waals surface area contributed by atoms with E-state index in [0.29, 0.717) is 12.5 Å². The fourth-order valence-electron chi connectivity index (χ4n) is 3.36. The summed E-state index contributed by atoms with van der Waals surface area (Å²) < 4.78 is 0. The summed E-state index contributed by atoms with van der Waals surface area (Å²) in [5, 5.41) is 10.9. The van der Waals surface area contributed by atoms with Crippen molar-refractivity contribution >= 4 is 6.09 Å². The highest BCUT2D eigenvalue weighted by atomic mass is 17.2. The molecule has 1 spiro atoms. The Morgan fingerprint density at radius 2 is 2.16 bits per heavy atom. The molecule has 1 aliphatic heterocycles. The fraction of sp³-hybridized carbons (Fsp3) is 0.929. The van der Waals surface area contributed by atoms with Crippen LogP contribution < -0.4 is 5.32 Å². The second-order valence-electron chi connectivity index (χ2n) is 6.03. The molecule has 2 rings (SSSR count). The Kier molecular flexibility index (Phi) is 5.05. The van der Waals surface area contributed by atoms with Crippen LogP contribution in [0, 0.1) is 11.8 Å². The molecule has 2 N–H and O–H groups in total. The van der Waals surface area contributed by atoms with Gasteiger partial charge in [0.25, 0.3) is 0 Å². The van der Waals surface area contributed by atoms with E-state index < -0.39 is 6.09 Å². The highest BCUT2D eigenvalue weighted by molar-refractivity contribution is 5.64. The van der Waals surface area contributed by atoms with Crippen LogP contribution in [-0.2, 0) is 9.78 Å². The van der Waals surface area contributed by atoms with Crippen molar-refractivity contribution in [1.82, 2.24) is 5.32 Å². The first-order valence-electron chi connectivity index (χ1n) is 7.39. The molecule has 2 fully saturated rings. The monoisotopic (exact) mass is 271 g/mol. The summed E-state index contributed by atoms with van der Waals surface area (Å²) in [5.74, 6) is 1.41. The Bertz CT molecular complexity index is 292. The summed E-state index contributed by atoms with van der Waals surface area (Å²) in [6.07, 6.45) is 6.75. The summed E-state index contributed by atoms with van der Waals surface area (Å²) in [6, 6.07) is 0. The highest BCUT2D eigenvalue weighted by Gasteiger charge is 2.41. The van der Waals surface area contributed by atoms with Gasteiger partial charge in [-0.3, -0.25) is 0 Å². The standard InChI is InChI=1S/C14H25NO4/c1-11(3-2-9-15-13(16)17)12-4-6-14(7-5-12)8-10-18-19-14/h11-12,15H,2-10H2,1H3,(H,16,17). The van der Waals surface area contributed by atoms with Crippen LogP contribution in [-0.4, -0.2) is 30.0 Å². The van der Waals surface area contributed by atoms with Gasteiger partial charge in [-0.15, -0.1) is 0 Å². The van der Waals surface area contributed by atoms with Gasteiger partial charge in [-0.2, -0.15) is 0 Å². The third-order valence-corrected chi connectivity index (χ3v) is 4.74. The van der Waals surface area contributed by atoms with Crippen LogP contribution in [0.15, 0.2) is 0 Å². The van der Waals surface area contributed by atoms with Crippen LogP contribution in [0.1, 0.15) is 51.9 Å². The average Bonchev–Trinajstić information content (AvgIpc) is 2.83. The third-order valence-electron chi connectivity index (χ3n) is 4.74. The molecule has 0 aromatic carbocycles. The molecular weight excluding hydrogens is 246 g/mol. The Hall–Kier alpha value is -0.810. The van der Waals surface area contributed by atoms with Gasteiger partial charge in [0, 0.05) is 13.0 Å². The summed E-state index contributed by atoms with van der Waals surface area (Å²) in [7, 11) is 0. The molecule has 110 valence electrons. The van der Waals surface area contributed by atoms with Gasteiger partial charge >= 0.3 is 6.09 Å². The van der Waals surface area contributed by atoms with Crippen molar-refractivity contribution in [2.75, 3.05) is 13.2 Å². The molecule has 2 aliphatic rings. The van der Waals surface area contributed by atoms with Crippen LogP contribution in [0.5, 0.6) is 0 Å². The van der Waals surface area contributed by atoms with Crippen LogP contribution in [0.3, 0.4) is 0 Å². The lowest BCUT2D eigenvalue weighted by Gasteiger charge is -2.37. The zero-order valence-corrected chi connectivity index (χ0v) is 11.7. The molecule has 0 aromatic rings. The molecule has 19 heavy (non-hydrogen) atoms. The number of hydrogen-bond acceptors (Lipinski definition) is 3. The molecule has 1 unspecified atom stereocenters. The van der Waals surface area contributed by atoms with Crippen molar-refractivity contribution in [2.45, 2.75) is 57.5 Å². The molecule has 1 amide bonds. The topological polar surface area (TPSA) is 67.8 Å². The summed E-state index contributed by atoms with van der Waals surface area (Å²) in [6.45, 7) is 3.59. The van der Waals surface area contributed by atoms with Crippen LogP contribution in [0.25, 0.3) is 0 Å². The van der Waals surface area contributed by atoms with E-state index in [-0.39, 0.29) is 5.60 Å². The predicted molar refractivity (Wildman–Crippen MR) is 70.8 cm³/mol. The van der Waals surface area contributed by atoms with Gasteiger partial charge < -0.3 is 10.4 Å². The Labute approximate surface area is 114 Å². The minimum atomic E-state index is -0.925. The van der Waals surface area contributed by atoms with E-state index in [2.05, 4.69) is 12.2 Å².